The maximum absolute atomic E-state index is 13.9. The van der Waals surface area contributed by atoms with Gasteiger partial charge in [0.1, 0.15) is 16.9 Å². The van der Waals surface area contributed by atoms with Gasteiger partial charge >= 0.3 is 5.97 Å². The van der Waals surface area contributed by atoms with Crippen LogP contribution in [0.1, 0.15) is 37.6 Å². The van der Waals surface area contributed by atoms with Gasteiger partial charge in [-0.25, -0.2) is 13.2 Å². The van der Waals surface area contributed by atoms with Gasteiger partial charge in [-0.2, -0.15) is 4.31 Å². The van der Waals surface area contributed by atoms with E-state index in [-0.39, 0.29) is 21.7 Å². The Kier molecular flexibility index (Phi) is 6.44. The number of sulfonamides is 1. The van der Waals surface area contributed by atoms with Crippen molar-refractivity contribution in [3.8, 4) is 0 Å². The second-order valence-electron chi connectivity index (χ2n) is 8.06. The van der Waals surface area contributed by atoms with Crippen molar-refractivity contribution in [1.82, 2.24) is 0 Å². The summed E-state index contributed by atoms with van der Waals surface area (Å²) in [6.07, 6.45) is 0. The van der Waals surface area contributed by atoms with Gasteiger partial charge in [0, 0.05) is 16.0 Å². The molecule has 9 heteroatoms. The fourth-order valence-corrected chi connectivity index (χ4v) is 5.70. The molecule has 1 aromatic heterocycles. The van der Waals surface area contributed by atoms with Gasteiger partial charge in [0.2, 0.25) is 0 Å². The largest absolute Gasteiger partial charge is 0.465 e. The van der Waals surface area contributed by atoms with E-state index >= 15 is 0 Å². The molecule has 0 atom stereocenters. The molecule has 7 nitrogen and oxygen atoms in total. The highest BCUT2D eigenvalue weighted by molar-refractivity contribution is 7.93. The van der Waals surface area contributed by atoms with Gasteiger partial charge in [0.15, 0.2) is 0 Å². The number of methoxy groups -OCH3 is 1. The van der Waals surface area contributed by atoms with Gasteiger partial charge < -0.3 is 9.15 Å². The lowest BCUT2D eigenvalue weighted by molar-refractivity contribution is 0.0600. The zero-order valence-electron chi connectivity index (χ0n) is 19.5. The summed E-state index contributed by atoms with van der Waals surface area (Å²) in [7, 11) is -3.11. The number of hydrogen-bond acceptors (Lipinski definition) is 6. The molecule has 0 N–H and O–H groups in total. The molecule has 180 valence electrons. The van der Waals surface area contributed by atoms with Gasteiger partial charge in [-0.3, -0.25) is 4.79 Å². The number of rotatable bonds is 5. The number of nitrogens with zero attached hydrogens (tertiary/aromatic N) is 1. The van der Waals surface area contributed by atoms with Crippen LogP contribution in [0.25, 0.3) is 11.0 Å². The number of anilines is 1. The number of carbonyl (C=O) groups is 2. The highest BCUT2D eigenvalue weighted by Crippen LogP contribution is 2.34. The molecule has 0 fully saturated rings. The Morgan fingerprint density at radius 1 is 0.943 bits per heavy atom. The molecule has 0 saturated heterocycles. The number of ether oxygens (including phenoxy) is 1. The first kappa shape index (κ1) is 24.5. The number of esters is 1. The average molecular weight is 512 g/mol. The Labute approximate surface area is 207 Å². The zero-order chi connectivity index (χ0) is 25.5. The van der Waals surface area contributed by atoms with E-state index < -0.39 is 21.9 Å². The first-order valence-electron chi connectivity index (χ1n) is 10.6. The minimum Gasteiger partial charge on any atom is -0.465 e. The molecule has 3 aromatic carbocycles. The number of benzene rings is 3. The van der Waals surface area contributed by atoms with E-state index in [1.807, 2.05) is 6.92 Å². The third-order valence-corrected chi connectivity index (χ3v) is 7.72. The van der Waals surface area contributed by atoms with Crippen LogP contribution in [0.3, 0.4) is 0 Å². The van der Waals surface area contributed by atoms with Crippen LogP contribution in [0.15, 0.2) is 70.0 Å². The van der Waals surface area contributed by atoms with Crippen molar-refractivity contribution in [1.29, 1.82) is 0 Å². The number of amides is 1. The highest BCUT2D eigenvalue weighted by atomic mass is 35.5. The first-order valence-corrected chi connectivity index (χ1v) is 12.4. The zero-order valence-corrected chi connectivity index (χ0v) is 21.0. The van der Waals surface area contributed by atoms with Crippen LogP contribution in [0, 0.1) is 20.8 Å². The predicted octanol–water partition coefficient (Wildman–Crippen LogP) is 5.83. The number of hydrogen-bond donors (Lipinski definition) is 0. The lowest BCUT2D eigenvalue weighted by atomic mass is 10.1. The van der Waals surface area contributed by atoms with E-state index in [1.54, 1.807) is 26.0 Å². The third-order valence-electron chi connectivity index (χ3n) is 5.60. The summed E-state index contributed by atoms with van der Waals surface area (Å²) in [4.78, 5) is 26.0. The van der Waals surface area contributed by atoms with Gasteiger partial charge in [-0.05, 0) is 74.9 Å². The summed E-state index contributed by atoms with van der Waals surface area (Å²) in [6.45, 7) is 5.13. The molecule has 1 amide bonds. The SMILES string of the molecule is COC(=O)c1c(C)oc2ccc(N(C(=O)c3ccc(Cl)cc3)S(=O)(=O)c3ccc(C)cc3C)cc12. The van der Waals surface area contributed by atoms with E-state index in [9.17, 15) is 18.0 Å². The fraction of sp³-hybridized carbons (Fsp3) is 0.154. The second-order valence-corrected chi connectivity index (χ2v) is 10.2. The molecule has 0 unspecified atom stereocenters. The van der Waals surface area contributed by atoms with E-state index in [1.165, 1.54) is 55.6 Å². The normalized spacial score (nSPS) is 11.5. The number of aryl methyl sites for hydroxylation is 3. The molecule has 0 aliphatic rings. The summed E-state index contributed by atoms with van der Waals surface area (Å²) in [5, 5.41) is 0.736. The topological polar surface area (TPSA) is 93.9 Å². The molecule has 0 saturated carbocycles. The smallest absolute Gasteiger partial charge is 0.342 e. The molecule has 4 rings (SSSR count). The Bertz CT molecular complexity index is 1570. The molecular formula is C26H22ClNO6S. The molecule has 0 bridgehead atoms. The quantitative estimate of drug-likeness (QED) is 0.313. The number of halogens is 1. The molecule has 1 heterocycles. The van der Waals surface area contributed by atoms with Crippen molar-refractivity contribution < 1.29 is 27.2 Å². The average Bonchev–Trinajstić information content (AvgIpc) is 3.13. The maximum atomic E-state index is 13.9. The summed E-state index contributed by atoms with van der Waals surface area (Å²) in [5.74, 6) is -1.09. The monoisotopic (exact) mass is 511 g/mol. The molecule has 0 spiro atoms. The number of carbonyl (C=O) groups excluding carboxylic acids is 2. The molecule has 0 aliphatic carbocycles. The lowest BCUT2D eigenvalue weighted by Gasteiger charge is -2.24. The van der Waals surface area contributed by atoms with Crippen molar-refractivity contribution >= 4 is 50.2 Å². The van der Waals surface area contributed by atoms with Crippen LogP contribution >= 0.6 is 11.6 Å². The second kappa shape index (κ2) is 9.20. The van der Waals surface area contributed by atoms with Gasteiger partial charge in [0.05, 0.1) is 17.7 Å². The summed E-state index contributed by atoms with van der Waals surface area (Å²) in [6, 6.07) is 15.2. The minimum absolute atomic E-state index is 0.0120. The maximum Gasteiger partial charge on any atom is 0.342 e. The summed E-state index contributed by atoms with van der Waals surface area (Å²) in [5.41, 5.74) is 2.06. The van der Waals surface area contributed by atoms with Crippen molar-refractivity contribution in [2.45, 2.75) is 25.7 Å². The predicted molar refractivity (Wildman–Crippen MR) is 134 cm³/mol. The Balaban J connectivity index is 1.97. The van der Waals surface area contributed by atoms with E-state index in [0.29, 0.717) is 27.3 Å². The Hall–Kier alpha value is -3.62. The highest BCUT2D eigenvalue weighted by Gasteiger charge is 2.34. The summed E-state index contributed by atoms with van der Waals surface area (Å²) < 4.78 is 39.1. The minimum atomic E-state index is -4.36. The van der Waals surface area contributed by atoms with Crippen molar-refractivity contribution in [2.75, 3.05) is 11.4 Å². The van der Waals surface area contributed by atoms with Gasteiger partial charge in [-0.15, -0.1) is 0 Å². The van der Waals surface area contributed by atoms with Crippen LogP contribution in [-0.4, -0.2) is 27.4 Å². The van der Waals surface area contributed by atoms with Crippen LogP contribution in [0.2, 0.25) is 5.02 Å². The fourth-order valence-electron chi connectivity index (χ4n) is 3.95. The lowest BCUT2D eigenvalue weighted by Crippen LogP contribution is -2.37. The van der Waals surface area contributed by atoms with E-state index in [0.717, 1.165) is 9.87 Å². The van der Waals surface area contributed by atoms with Crippen molar-refractivity contribution in [3.63, 3.8) is 0 Å². The van der Waals surface area contributed by atoms with Crippen molar-refractivity contribution in [2.24, 2.45) is 0 Å². The first-order chi connectivity index (χ1) is 16.5. The number of fused-ring (bicyclic) bond motifs is 1. The third kappa shape index (κ3) is 4.42. The Morgan fingerprint density at radius 3 is 2.26 bits per heavy atom. The number of furan rings is 1. The van der Waals surface area contributed by atoms with Crippen LogP contribution in [0.5, 0.6) is 0 Å². The molecule has 0 aliphatic heterocycles. The van der Waals surface area contributed by atoms with E-state index in [4.69, 9.17) is 20.8 Å². The molecule has 35 heavy (non-hydrogen) atoms. The standard InChI is InChI=1S/C26H22ClNO6S/c1-15-5-12-23(16(2)13-15)35(31,32)28(25(29)18-6-8-19(27)9-7-18)20-10-11-22-21(14-20)24(17(3)34-22)26(30)33-4/h5-14H,1-4H3. The van der Waals surface area contributed by atoms with Gasteiger partial charge in [-0.1, -0.05) is 29.3 Å². The van der Waals surface area contributed by atoms with Crippen LogP contribution < -0.4 is 4.31 Å². The van der Waals surface area contributed by atoms with E-state index in [2.05, 4.69) is 0 Å². The van der Waals surface area contributed by atoms with Crippen molar-refractivity contribution in [3.05, 3.63) is 93.7 Å². The van der Waals surface area contributed by atoms with Crippen LogP contribution in [0.4, 0.5) is 5.69 Å². The molecule has 4 aromatic rings. The van der Waals surface area contributed by atoms with Crippen LogP contribution in [-0.2, 0) is 14.8 Å². The Morgan fingerprint density at radius 2 is 1.63 bits per heavy atom. The summed E-state index contributed by atoms with van der Waals surface area (Å²) >= 11 is 5.97. The van der Waals surface area contributed by atoms with Gasteiger partial charge in [0.25, 0.3) is 15.9 Å². The molecular weight excluding hydrogens is 490 g/mol. The molecule has 0 radical (unpaired) electrons.